The highest BCUT2D eigenvalue weighted by atomic mass is 15.3. The van der Waals surface area contributed by atoms with Crippen molar-refractivity contribution >= 4 is 0 Å². The topological polar surface area (TPSA) is 17.8 Å². The first kappa shape index (κ1) is 11.3. The van der Waals surface area contributed by atoms with Crippen LogP contribution in [-0.2, 0) is 18.9 Å². The van der Waals surface area contributed by atoms with E-state index in [1.54, 1.807) is 0 Å². The Labute approximate surface area is 87.3 Å². The van der Waals surface area contributed by atoms with Gasteiger partial charge in [0.1, 0.15) is 0 Å². The van der Waals surface area contributed by atoms with Gasteiger partial charge >= 0.3 is 0 Å². The molecule has 0 aliphatic carbocycles. The molecule has 0 aromatic carbocycles. The van der Waals surface area contributed by atoms with Crippen molar-refractivity contribution in [1.29, 1.82) is 0 Å². The molecule has 0 atom stereocenters. The third-order valence-electron chi connectivity index (χ3n) is 2.32. The molecule has 1 aromatic rings. The average Bonchev–Trinajstić information content (AvgIpc) is 2.27. The van der Waals surface area contributed by atoms with Gasteiger partial charge in [0.2, 0.25) is 0 Å². The fourth-order valence-corrected chi connectivity index (χ4v) is 1.75. The van der Waals surface area contributed by atoms with E-state index < -0.39 is 0 Å². The molecule has 1 rings (SSSR count). The third-order valence-corrected chi connectivity index (χ3v) is 2.32. The Bertz CT molecular complexity index is 303. The molecule has 1 heterocycles. The van der Waals surface area contributed by atoms with Crippen LogP contribution in [0.5, 0.6) is 0 Å². The van der Waals surface area contributed by atoms with Crippen molar-refractivity contribution in [1.82, 2.24) is 9.78 Å². The predicted octanol–water partition coefficient (Wildman–Crippen LogP) is 2.92. The number of hydrogen-bond donors (Lipinski definition) is 0. The van der Waals surface area contributed by atoms with Crippen LogP contribution in [0.15, 0.2) is 6.07 Å². The van der Waals surface area contributed by atoms with Gasteiger partial charge in [-0.3, -0.25) is 4.68 Å². The standard InChI is InChI=1S/C12H22N2/c1-9(2)7-10-8-11(12(3,4)5)14(6)13-10/h8-9H,7H2,1-6H3. The largest absolute Gasteiger partial charge is 0.272 e. The average molecular weight is 194 g/mol. The first-order chi connectivity index (χ1) is 6.30. The number of nitrogens with zero attached hydrogens (tertiary/aromatic N) is 2. The fourth-order valence-electron chi connectivity index (χ4n) is 1.75. The lowest BCUT2D eigenvalue weighted by molar-refractivity contribution is 0.521. The van der Waals surface area contributed by atoms with Crippen LogP contribution in [-0.4, -0.2) is 9.78 Å². The minimum absolute atomic E-state index is 0.191. The van der Waals surface area contributed by atoms with E-state index in [1.807, 2.05) is 11.7 Å². The van der Waals surface area contributed by atoms with Crippen molar-refractivity contribution in [2.45, 2.75) is 46.5 Å². The van der Waals surface area contributed by atoms with E-state index in [4.69, 9.17) is 0 Å². The molecule has 0 radical (unpaired) electrons. The minimum Gasteiger partial charge on any atom is -0.272 e. The van der Waals surface area contributed by atoms with E-state index in [0.717, 1.165) is 6.42 Å². The first-order valence-corrected chi connectivity index (χ1v) is 5.34. The molecule has 0 unspecified atom stereocenters. The summed E-state index contributed by atoms with van der Waals surface area (Å²) in [6.07, 6.45) is 1.07. The predicted molar refractivity (Wildman–Crippen MR) is 60.5 cm³/mol. The molecule has 0 N–H and O–H groups in total. The van der Waals surface area contributed by atoms with Crippen molar-refractivity contribution in [2.75, 3.05) is 0 Å². The quantitative estimate of drug-likeness (QED) is 0.708. The highest BCUT2D eigenvalue weighted by Crippen LogP contribution is 2.23. The monoisotopic (exact) mass is 194 g/mol. The normalized spacial score (nSPS) is 12.5. The lowest BCUT2D eigenvalue weighted by atomic mass is 9.91. The maximum absolute atomic E-state index is 4.53. The molecular weight excluding hydrogens is 172 g/mol. The third kappa shape index (κ3) is 2.60. The highest BCUT2D eigenvalue weighted by Gasteiger charge is 2.19. The summed E-state index contributed by atoms with van der Waals surface area (Å²) >= 11 is 0. The summed E-state index contributed by atoms with van der Waals surface area (Å²) in [5.74, 6) is 0.678. The maximum atomic E-state index is 4.53. The van der Waals surface area contributed by atoms with Crippen LogP contribution >= 0.6 is 0 Å². The van der Waals surface area contributed by atoms with E-state index in [0.29, 0.717) is 5.92 Å². The summed E-state index contributed by atoms with van der Waals surface area (Å²) in [5.41, 5.74) is 2.72. The maximum Gasteiger partial charge on any atom is 0.0630 e. The number of aryl methyl sites for hydroxylation is 1. The van der Waals surface area contributed by atoms with Gasteiger partial charge in [0.05, 0.1) is 5.69 Å². The van der Waals surface area contributed by atoms with E-state index in [-0.39, 0.29) is 5.41 Å². The molecule has 0 amide bonds. The fraction of sp³-hybridized carbons (Fsp3) is 0.750. The van der Waals surface area contributed by atoms with Crippen LogP contribution < -0.4 is 0 Å². The zero-order chi connectivity index (χ0) is 10.9. The summed E-state index contributed by atoms with van der Waals surface area (Å²) < 4.78 is 2.01. The van der Waals surface area contributed by atoms with Gasteiger partial charge in [-0.1, -0.05) is 34.6 Å². The molecule has 1 aromatic heterocycles. The lowest BCUT2D eigenvalue weighted by Gasteiger charge is -2.17. The minimum atomic E-state index is 0.191. The molecule has 80 valence electrons. The summed E-state index contributed by atoms with van der Waals surface area (Å²) in [5, 5.41) is 4.53. The second kappa shape index (κ2) is 3.76. The molecule has 0 bridgehead atoms. The Morgan fingerprint density at radius 3 is 2.29 bits per heavy atom. The molecule has 0 aliphatic heterocycles. The molecule has 0 aliphatic rings. The van der Waals surface area contributed by atoms with Gasteiger partial charge in [0.15, 0.2) is 0 Å². The summed E-state index contributed by atoms with van der Waals surface area (Å²) in [7, 11) is 2.03. The Balaban J connectivity index is 2.94. The summed E-state index contributed by atoms with van der Waals surface area (Å²) in [6.45, 7) is 11.1. The lowest BCUT2D eigenvalue weighted by Crippen LogP contribution is -2.16. The van der Waals surface area contributed by atoms with Gasteiger partial charge in [-0.2, -0.15) is 5.10 Å². The zero-order valence-electron chi connectivity index (χ0n) is 10.3. The van der Waals surface area contributed by atoms with Gasteiger partial charge in [0.25, 0.3) is 0 Å². The smallest absolute Gasteiger partial charge is 0.0630 e. The van der Waals surface area contributed by atoms with Gasteiger partial charge in [-0.05, 0) is 18.4 Å². The molecule has 2 nitrogen and oxygen atoms in total. The number of hydrogen-bond acceptors (Lipinski definition) is 1. The zero-order valence-corrected chi connectivity index (χ0v) is 10.3. The van der Waals surface area contributed by atoms with Crippen molar-refractivity contribution in [2.24, 2.45) is 13.0 Å². The van der Waals surface area contributed by atoms with Crippen LogP contribution in [0.4, 0.5) is 0 Å². The Hall–Kier alpha value is -0.790. The van der Waals surface area contributed by atoms with Gasteiger partial charge < -0.3 is 0 Å². The first-order valence-electron chi connectivity index (χ1n) is 5.34. The van der Waals surface area contributed by atoms with Crippen molar-refractivity contribution in [3.63, 3.8) is 0 Å². The van der Waals surface area contributed by atoms with E-state index in [2.05, 4.69) is 45.8 Å². The highest BCUT2D eigenvalue weighted by molar-refractivity contribution is 5.18. The van der Waals surface area contributed by atoms with Gasteiger partial charge in [0, 0.05) is 18.2 Å². The molecule has 0 fully saturated rings. The molecule has 0 saturated heterocycles. The SMILES string of the molecule is CC(C)Cc1cc(C(C)(C)C)n(C)n1. The van der Waals surface area contributed by atoms with Crippen LogP contribution in [0.25, 0.3) is 0 Å². The molecule has 2 heteroatoms. The van der Waals surface area contributed by atoms with Crippen molar-refractivity contribution in [3.8, 4) is 0 Å². The molecular formula is C12H22N2. The van der Waals surface area contributed by atoms with E-state index >= 15 is 0 Å². The van der Waals surface area contributed by atoms with E-state index in [9.17, 15) is 0 Å². The van der Waals surface area contributed by atoms with Gasteiger partial charge in [-0.15, -0.1) is 0 Å². The summed E-state index contributed by atoms with van der Waals surface area (Å²) in [6, 6.07) is 2.24. The second-order valence-corrected chi connectivity index (χ2v) is 5.49. The second-order valence-electron chi connectivity index (χ2n) is 5.49. The number of aromatic nitrogens is 2. The molecule has 0 saturated carbocycles. The van der Waals surface area contributed by atoms with Crippen molar-refractivity contribution in [3.05, 3.63) is 17.5 Å². The van der Waals surface area contributed by atoms with Crippen LogP contribution in [0.2, 0.25) is 0 Å². The van der Waals surface area contributed by atoms with Gasteiger partial charge in [-0.25, -0.2) is 0 Å². The van der Waals surface area contributed by atoms with Crippen LogP contribution in [0, 0.1) is 5.92 Å². The Morgan fingerprint density at radius 2 is 1.93 bits per heavy atom. The molecule has 0 spiro atoms. The summed E-state index contributed by atoms with van der Waals surface area (Å²) in [4.78, 5) is 0. The number of rotatable bonds is 2. The van der Waals surface area contributed by atoms with Crippen LogP contribution in [0.1, 0.15) is 46.0 Å². The Morgan fingerprint density at radius 1 is 1.36 bits per heavy atom. The van der Waals surface area contributed by atoms with Crippen LogP contribution in [0.3, 0.4) is 0 Å². The van der Waals surface area contributed by atoms with E-state index in [1.165, 1.54) is 11.4 Å². The molecule has 14 heavy (non-hydrogen) atoms. The Kier molecular flexibility index (Phi) is 3.03. The van der Waals surface area contributed by atoms with Crippen molar-refractivity contribution < 1.29 is 0 Å².